The van der Waals surface area contributed by atoms with E-state index in [-0.39, 0.29) is 5.22 Å². The van der Waals surface area contributed by atoms with Gasteiger partial charge in [0.15, 0.2) is 5.22 Å². The van der Waals surface area contributed by atoms with Gasteiger partial charge in [0.25, 0.3) is 0 Å². The lowest BCUT2D eigenvalue weighted by atomic mass is 10.7. The van der Waals surface area contributed by atoms with Gasteiger partial charge in [0.1, 0.15) is 5.76 Å². The van der Waals surface area contributed by atoms with Gasteiger partial charge in [-0.2, -0.15) is 0 Å². The van der Waals surface area contributed by atoms with Crippen LogP contribution in [0.25, 0.3) is 0 Å². The van der Waals surface area contributed by atoms with E-state index < -0.39 is 0 Å². The van der Waals surface area contributed by atoms with Crippen LogP contribution in [-0.2, 0) is 4.74 Å². The molecule has 0 aromatic carbocycles. The van der Waals surface area contributed by atoms with Crippen LogP contribution in [0.1, 0.15) is 0 Å². The fraction of sp³-hybridized carbons (Fsp3) is 0.200. The first-order valence-electron chi connectivity index (χ1n) is 1.93. The largest absolute Gasteiger partial charge is 0.450 e. The number of hydrogen-bond donors (Lipinski definition) is 0. The molecule has 0 aliphatic carbocycles. The molecule has 0 spiro atoms. The van der Waals surface area contributed by atoms with E-state index in [1.165, 1.54) is 0 Å². The Bertz CT molecular complexity index is 111. The van der Waals surface area contributed by atoms with Crippen molar-refractivity contribution in [1.82, 2.24) is 0 Å². The molecule has 8 heavy (non-hydrogen) atoms. The fourth-order valence-corrected chi connectivity index (χ4v) is 0.407. The van der Waals surface area contributed by atoms with E-state index in [2.05, 4.69) is 29.1 Å². The van der Waals surface area contributed by atoms with Crippen LogP contribution < -0.4 is 0 Å². The zero-order valence-corrected chi connectivity index (χ0v) is 6.63. The normalized spacial score (nSPS) is 8.25. The molecule has 0 heterocycles. The second-order valence-corrected chi connectivity index (χ2v) is 2.11. The molecule has 0 saturated carbocycles. The summed E-state index contributed by atoms with van der Waals surface area (Å²) >= 11 is 8.37. The molecule has 0 fully saturated rings. The third-order valence-corrected chi connectivity index (χ3v) is 1.11. The Kier molecular flexibility index (Phi) is 4.01. The molecule has 0 aliphatic heterocycles. The molecule has 46 valence electrons. The van der Waals surface area contributed by atoms with Crippen LogP contribution in [0.3, 0.4) is 0 Å². The Morgan fingerprint density at radius 1 is 1.62 bits per heavy atom. The van der Waals surface area contributed by atoms with E-state index in [4.69, 9.17) is 16.3 Å². The molecular weight excluding hydrogens is 191 g/mol. The van der Waals surface area contributed by atoms with Crippen molar-refractivity contribution in [3.63, 3.8) is 0 Å². The average Bonchev–Trinajstić information content (AvgIpc) is 1.65. The Labute approximate surface area is 62.1 Å². The van der Waals surface area contributed by atoms with Crippen LogP contribution in [0.2, 0.25) is 0 Å². The molecule has 0 saturated heterocycles. The van der Waals surface area contributed by atoms with E-state index in [0.717, 1.165) is 0 Å². The monoisotopic (exact) mass is 196 g/mol. The number of allylic oxidation sites excluding steroid dienone is 1. The number of ether oxygens (including phenoxy) is 1. The molecule has 0 unspecified atom stereocenters. The lowest BCUT2D eigenvalue weighted by Crippen LogP contribution is -1.84. The topological polar surface area (TPSA) is 9.23 Å². The summed E-state index contributed by atoms with van der Waals surface area (Å²) in [4.78, 5) is 0. The minimum Gasteiger partial charge on any atom is -0.450 e. The van der Waals surface area contributed by atoms with Gasteiger partial charge in [-0.25, -0.2) is 0 Å². The molecule has 0 N–H and O–H groups in total. The zero-order chi connectivity index (χ0) is 6.57. The first kappa shape index (κ1) is 8.05. The lowest BCUT2D eigenvalue weighted by molar-refractivity contribution is 0.344. The second-order valence-electron chi connectivity index (χ2n) is 1.13. The predicted molar refractivity (Wildman–Crippen MR) is 39.0 cm³/mol. The van der Waals surface area contributed by atoms with Gasteiger partial charge in [-0.05, 0) is 18.2 Å². The Morgan fingerprint density at radius 3 is 2.25 bits per heavy atom. The van der Waals surface area contributed by atoms with Crippen molar-refractivity contribution in [3.8, 4) is 0 Å². The van der Waals surface area contributed by atoms with Crippen LogP contribution in [0.4, 0.5) is 0 Å². The highest BCUT2D eigenvalue weighted by atomic mass is 79.9. The number of alkyl halides is 1. The Balaban J connectivity index is 3.40. The molecule has 0 rings (SSSR count). The van der Waals surface area contributed by atoms with Crippen LogP contribution in [0.15, 0.2) is 24.1 Å². The zero-order valence-electron chi connectivity index (χ0n) is 4.29. The third kappa shape index (κ3) is 4.22. The molecule has 0 radical (unpaired) electrons. The average molecular weight is 197 g/mol. The standard InChI is InChI=1S/C5H6BrClO/c1-4(3-6)8-5(2)7/h1-3H2. The van der Waals surface area contributed by atoms with Gasteiger partial charge < -0.3 is 4.74 Å². The summed E-state index contributed by atoms with van der Waals surface area (Å²) in [5.41, 5.74) is 0. The molecule has 0 amide bonds. The highest BCUT2D eigenvalue weighted by molar-refractivity contribution is 9.09. The maximum Gasteiger partial charge on any atom is 0.186 e. The summed E-state index contributed by atoms with van der Waals surface area (Å²) in [6.07, 6.45) is 0. The molecule has 3 heteroatoms. The molecule has 0 aliphatic rings. The maximum absolute atomic E-state index is 5.25. The highest BCUT2D eigenvalue weighted by Crippen LogP contribution is 2.07. The van der Waals surface area contributed by atoms with Gasteiger partial charge in [-0.15, -0.1) is 0 Å². The van der Waals surface area contributed by atoms with E-state index in [0.29, 0.717) is 11.1 Å². The minimum absolute atomic E-state index is 0.148. The van der Waals surface area contributed by atoms with E-state index in [9.17, 15) is 0 Å². The summed E-state index contributed by atoms with van der Waals surface area (Å²) in [6, 6.07) is 0. The quantitative estimate of drug-likeness (QED) is 0.499. The molecular formula is C5H6BrClO. The summed E-state index contributed by atoms with van der Waals surface area (Å²) in [5.74, 6) is 0.560. The Morgan fingerprint density at radius 2 is 2.12 bits per heavy atom. The van der Waals surface area contributed by atoms with Crippen LogP contribution >= 0.6 is 27.5 Å². The molecule has 0 bridgehead atoms. The highest BCUT2D eigenvalue weighted by Gasteiger charge is 1.90. The van der Waals surface area contributed by atoms with Crippen molar-refractivity contribution in [2.75, 3.05) is 5.33 Å². The van der Waals surface area contributed by atoms with Crippen LogP contribution in [0, 0.1) is 0 Å². The van der Waals surface area contributed by atoms with E-state index in [1.54, 1.807) is 0 Å². The van der Waals surface area contributed by atoms with Crippen molar-refractivity contribution in [2.45, 2.75) is 0 Å². The van der Waals surface area contributed by atoms with Crippen LogP contribution in [-0.4, -0.2) is 5.33 Å². The first-order valence-corrected chi connectivity index (χ1v) is 3.42. The van der Waals surface area contributed by atoms with Crippen molar-refractivity contribution in [3.05, 3.63) is 24.1 Å². The molecule has 0 atom stereocenters. The SMILES string of the molecule is C=C(Cl)OC(=C)CBr. The van der Waals surface area contributed by atoms with Crippen molar-refractivity contribution >= 4 is 27.5 Å². The maximum atomic E-state index is 5.25. The Hall–Kier alpha value is 0.0500. The van der Waals surface area contributed by atoms with Crippen molar-refractivity contribution in [1.29, 1.82) is 0 Å². The van der Waals surface area contributed by atoms with Crippen molar-refractivity contribution < 1.29 is 4.74 Å². The van der Waals surface area contributed by atoms with Gasteiger partial charge >= 0.3 is 0 Å². The lowest BCUT2D eigenvalue weighted by Gasteiger charge is -1.99. The third-order valence-electron chi connectivity index (χ3n) is 0.404. The summed E-state index contributed by atoms with van der Waals surface area (Å²) in [7, 11) is 0. The second kappa shape index (κ2) is 3.98. The summed E-state index contributed by atoms with van der Waals surface area (Å²) < 4.78 is 4.73. The van der Waals surface area contributed by atoms with Gasteiger partial charge in [0, 0.05) is 0 Å². The molecule has 0 aromatic rings. The number of halogens is 2. The van der Waals surface area contributed by atoms with Gasteiger partial charge in [-0.1, -0.05) is 22.5 Å². The first-order chi connectivity index (χ1) is 3.66. The predicted octanol–water partition coefficient (Wildman–Crippen LogP) is 2.62. The van der Waals surface area contributed by atoms with E-state index >= 15 is 0 Å². The summed E-state index contributed by atoms with van der Waals surface area (Å²) in [6.45, 7) is 6.80. The number of rotatable bonds is 3. The summed E-state index contributed by atoms with van der Waals surface area (Å²) in [5, 5.41) is 0.730. The van der Waals surface area contributed by atoms with Crippen LogP contribution in [0.5, 0.6) is 0 Å². The number of hydrogen-bond acceptors (Lipinski definition) is 1. The van der Waals surface area contributed by atoms with Gasteiger partial charge in [0.2, 0.25) is 0 Å². The fourth-order valence-electron chi connectivity index (χ4n) is 0.184. The molecule has 1 nitrogen and oxygen atoms in total. The van der Waals surface area contributed by atoms with Gasteiger partial charge in [-0.3, -0.25) is 0 Å². The van der Waals surface area contributed by atoms with E-state index in [1.807, 2.05) is 0 Å². The smallest absolute Gasteiger partial charge is 0.186 e. The van der Waals surface area contributed by atoms with Crippen molar-refractivity contribution in [2.24, 2.45) is 0 Å². The minimum atomic E-state index is 0.148. The van der Waals surface area contributed by atoms with Gasteiger partial charge in [0.05, 0.1) is 5.33 Å². The molecule has 0 aromatic heterocycles.